The van der Waals surface area contributed by atoms with Gasteiger partial charge in [0.05, 0.1) is 32.0 Å². The summed E-state index contributed by atoms with van der Waals surface area (Å²) in [6, 6.07) is 18.4. The van der Waals surface area contributed by atoms with E-state index in [2.05, 4.69) is 75.5 Å². The largest absolute Gasteiger partial charge is 1.00 e. The molecule has 1 aliphatic heterocycles. The lowest BCUT2D eigenvalue weighted by Crippen LogP contribution is -3.25. The number of quaternary nitrogens is 2. The van der Waals surface area contributed by atoms with Crippen molar-refractivity contribution in [3.05, 3.63) is 70.8 Å². The third-order valence-electron chi connectivity index (χ3n) is 8.11. The maximum atomic E-state index is 12.8. The number of nitrogens with two attached hydrogens (primary N) is 1. The summed E-state index contributed by atoms with van der Waals surface area (Å²) in [5.74, 6) is 0.820. The van der Waals surface area contributed by atoms with E-state index in [1.807, 2.05) is 6.07 Å². The number of carbonyl (C=O) groups excluding carboxylic acids is 1. The molecule has 5 heteroatoms. The molecular weight excluding hydrogens is 451 g/mol. The molecule has 0 bridgehead atoms. The van der Waals surface area contributed by atoms with Crippen LogP contribution in [0.3, 0.4) is 0 Å². The van der Waals surface area contributed by atoms with Gasteiger partial charge in [-0.2, -0.15) is 0 Å². The van der Waals surface area contributed by atoms with Crippen molar-refractivity contribution in [2.24, 2.45) is 5.41 Å². The van der Waals surface area contributed by atoms with Crippen LogP contribution in [0.4, 0.5) is 0 Å². The van der Waals surface area contributed by atoms with Gasteiger partial charge < -0.3 is 35.0 Å². The quantitative estimate of drug-likeness (QED) is 0.401. The average molecular weight is 492 g/mol. The van der Waals surface area contributed by atoms with E-state index in [0.717, 1.165) is 12.1 Å². The highest BCUT2D eigenvalue weighted by Gasteiger charge is 2.64. The molecule has 0 amide bonds. The van der Waals surface area contributed by atoms with Crippen molar-refractivity contribution in [2.45, 2.75) is 71.4 Å². The van der Waals surface area contributed by atoms with Gasteiger partial charge in [0.1, 0.15) is 12.1 Å². The maximum Gasteiger partial charge on any atom is 0.168 e. The van der Waals surface area contributed by atoms with Crippen molar-refractivity contribution in [2.75, 3.05) is 19.6 Å². The van der Waals surface area contributed by atoms with Crippen LogP contribution >= 0.6 is 0 Å². The van der Waals surface area contributed by atoms with E-state index in [1.54, 1.807) is 4.90 Å². The summed E-state index contributed by atoms with van der Waals surface area (Å²) in [5.41, 5.74) is 5.06. The van der Waals surface area contributed by atoms with Crippen molar-refractivity contribution in [3.63, 3.8) is 0 Å². The minimum absolute atomic E-state index is 0. The smallest absolute Gasteiger partial charge is 0.168 e. The highest BCUT2D eigenvalue weighted by molar-refractivity contribution is 5.96. The normalized spacial score (nSPS) is 24.2. The molecule has 1 saturated heterocycles. The highest BCUT2D eigenvalue weighted by atomic mass is 35.5. The maximum absolute atomic E-state index is 12.8. The van der Waals surface area contributed by atoms with Crippen molar-refractivity contribution >= 4 is 5.78 Å². The molecule has 2 fully saturated rings. The van der Waals surface area contributed by atoms with Gasteiger partial charge in [-0.15, -0.1) is 0 Å². The van der Waals surface area contributed by atoms with Crippen LogP contribution < -0.4 is 35.0 Å². The van der Waals surface area contributed by atoms with Gasteiger partial charge in [-0.05, 0) is 55.9 Å². The zero-order valence-corrected chi connectivity index (χ0v) is 22.1. The zero-order chi connectivity index (χ0) is 22.0. The molecule has 1 saturated carbocycles. The molecule has 0 aromatic heterocycles. The van der Waals surface area contributed by atoms with Crippen LogP contribution in [0.15, 0.2) is 48.5 Å². The fourth-order valence-corrected chi connectivity index (χ4v) is 6.42. The SMILES string of the molecule is Cc1ccc(C(=O)CC[NH2+]C2C(c3ccccc3)C(C)(C)C2[NH+]2CCCCC2)cc1C.[Cl-].[Cl-]. The molecule has 3 nitrogen and oxygen atoms in total. The number of halogens is 2. The number of hydrogen-bond donors (Lipinski definition) is 2. The van der Waals surface area contributed by atoms with E-state index in [0.29, 0.717) is 24.4 Å². The number of piperidine rings is 1. The number of aryl methyl sites for hydroxylation is 2. The number of benzene rings is 2. The molecule has 2 aromatic rings. The standard InChI is InChI=1S/C28H38N2O.2ClH/c1-20-13-14-23(19-21(20)2)24(31)15-16-29-26-25(22-11-7-5-8-12-22)28(3,4)27(26)30-17-9-6-10-18-30;;/h5,7-8,11-14,19,25-27,29H,6,9-10,15-18H2,1-4H3;2*1H. The van der Waals surface area contributed by atoms with Gasteiger partial charge in [0, 0.05) is 11.0 Å². The predicted octanol–water partition coefficient (Wildman–Crippen LogP) is -2.92. The number of hydrogen-bond acceptors (Lipinski definition) is 1. The lowest BCUT2D eigenvalue weighted by atomic mass is 9.52. The van der Waals surface area contributed by atoms with Gasteiger partial charge in [0.2, 0.25) is 0 Å². The molecule has 1 heterocycles. The molecular formula is C28H40Cl2N2O. The van der Waals surface area contributed by atoms with Gasteiger partial charge >= 0.3 is 0 Å². The first-order valence-electron chi connectivity index (χ1n) is 12.2. The van der Waals surface area contributed by atoms with E-state index in [-0.39, 0.29) is 36.0 Å². The van der Waals surface area contributed by atoms with E-state index >= 15 is 0 Å². The molecule has 3 atom stereocenters. The van der Waals surface area contributed by atoms with Gasteiger partial charge in [-0.25, -0.2) is 0 Å². The summed E-state index contributed by atoms with van der Waals surface area (Å²) in [6.07, 6.45) is 4.71. The molecule has 2 aromatic carbocycles. The first kappa shape index (κ1) is 27.9. The Morgan fingerprint density at radius 2 is 1.64 bits per heavy atom. The molecule has 0 radical (unpaired) electrons. The third-order valence-corrected chi connectivity index (χ3v) is 8.11. The summed E-state index contributed by atoms with van der Waals surface area (Å²) in [7, 11) is 0. The van der Waals surface area contributed by atoms with Crippen LogP contribution in [-0.2, 0) is 0 Å². The molecule has 1 aliphatic carbocycles. The average Bonchev–Trinajstić information content (AvgIpc) is 2.76. The van der Waals surface area contributed by atoms with Crippen LogP contribution in [0.2, 0.25) is 0 Å². The Kier molecular flexibility index (Phi) is 9.99. The van der Waals surface area contributed by atoms with Crippen LogP contribution in [-0.4, -0.2) is 37.5 Å². The van der Waals surface area contributed by atoms with Gasteiger partial charge in [0.15, 0.2) is 5.78 Å². The second-order valence-electron chi connectivity index (χ2n) is 10.5. The van der Waals surface area contributed by atoms with Crippen molar-refractivity contribution in [1.29, 1.82) is 0 Å². The van der Waals surface area contributed by atoms with Crippen LogP contribution in [0, 0.1) is 19.3 Å². The highest BCUT2D eigenvalue weighted by Crippen LogP contribution is 2.50. The number of Topliss-reactive ketones (excluding diaryl/α,β-unsaturated/α-hetero) is 1. The van der Waals surface area contributed by atoms with Gasteiger partial charge in [-0.3, -0.25) is 4.79 Å². The number of rotatable bonds is 7. The summed E-state index contributed by atoms with van der Waals surface area (Å²) >= 11 is 0. The zero-order valence-electron chi connectivity index (χ0n) is 20.5. The summed E-state index contributed by atoms with van der Waals surface area (Å²) in [5, 5.41) is 2.51. The van der Waals surface area contributed by atoms with E-state index in [4.69, 9.17) is 0 Å². The summed E-state index contributed by atoms with van der Waals surface area (Å²) in [6.45, 7) is 12.6. The summed E-state index contributed by atoms with van der Waals surface area (Å²) in [4.78, 5) is 14.6. The molecule has 2 aliphatic rings. The van der Waals surface area contributed by atoms with E-state index in [1.165, 1.54) is 49.0 Å². The second-order valence-corrected chi connectivity index (χ2v) is 10.5. The van der Waals surface area contributed by atoms with Crippen molar-refractivity contribution in [3.8, 4) is 0 Å². The molecule has 182 valence electrons. The van der Waals surface area contributed by atoms with Crippen molar-refractivity contribution < 1.29 is 39.8 Å². The Labute approximate surface area is 212 Å². The predicted molar refractivity (Wildman–Crippen MR) is 127 cm³/mol. The van der Waals surface area contributed by atoms with Crippen LogP contribution in [0.25, 0.3) is 0 Å². The lowest BCUT2D eigenvalue weighted by molar-refractivity contribution is -0.970. The van der Waals surface area contributed by atoms with Gasteiger partial charge in [-0.1, -0.05) is 56.3 Å². The summed E-state index contributed by atoms with van der Waals surface area (Å²) < 4.78 is 0. The minimum atomic E-state index is 0. The van der Waals surface area contributed by atoms with Crippen LogP contribution in [0.5, 0.6) is 0 Å². The Balaban J connectivity index is 0.00000193. The first-order valence-corrected chi connectivity index (χ1v) is 12.2. The molecule has 33 heavy (non-hydrogen) atoms. The Morgan fingerprint density at radius 3 is 2.27 bits per heavy atom. The van der Waals surface area contributed by atoms with Gasteiger partial charge in [0.25, 0.3) is 0 Å². The molecule has 3 N–H and O–H groups in total. The lowest BCUT2D eigenvalue weighted by Gasteiger charge is -2.57. The number of ketones is 1. The molecule has 4 rings (SSSR count). The Bertz CT molecular complexity index is 909. The topological polar surface area (TPSA) is 38.1 Å². The monoisotopic (exact) mass is 490 g/mol. The third kappa shape index (κ3) is 5.82. The van der Waals surface area contributed by atoms with E-state index < -0.39 is 0 Å². The van der Waals surface area contributed by atoms with Crippen LogP contribution in [0.1, 0.15) is 72.5 Å². The minimum Gasteiger partial charge on any atom is -1.00 e. The fraction of sp³-hybridized carbons (Fsp3) is 0.536. The fourth-order valence-electron chi connectivity index (χ4n) is 6.42. The second kappa shape index (κ2) is 11.8. The number of likely N-dealkylation sites (tertiary alicyclic amines) is 1. The number of nitrogens with one attached hydrogen (secondary N) is 1. The molecule has 3 unspecified atom stereocenters. The number of carbonyl (C=O) groups is 1. The Morgan fingerprint density at radius 1 is 0.970 bits per heavy atom. The van der Waals surface area contributed by atoms with E-state index in [9.17, 15) is 4.79 Å². The Hall–Kier alpha value is -1.39. The first-order chi connectivity index (χ1) is 14.9. The van der Waals surface area contributed by atoms with Crippen molar-refractivity contribution in [1.82, 2.24) is 0 Å². The molecule has 0 spiro atoms.